The van der Waals surface area contributed by atoms with Gasteiger partial charge in [0.25, 0.3) is 0 Å². The van der Waals surface area contributed by atoms with Crippen molar-refractivity contribution in [3.8, 4) is 23.1 Å². The summed E-state index contributed by atoms with van der Waals surface area (Å²) in [5, 5.41) is 15.4. The Labute approximate surface area is 207 Å². The molecule has 2 aromatic carbocycles. The molecule has 1 N–H and O–H groups in total. The number of rotatable bonds is 14. The van der Waals surface area contributed by atoms with E-state index >= 15 is 0 Å². The first-order chi connectivity index (χ1) is 17.1. The van der Waals surface area contributed by atoms with Crippen LogP contribution in [0.15, 0.2) is 67.3 Å². The van der Waals surface area contributed by atoms with E-state index in [1.54, 1.807) is 13.2 Å². The first-order valence-corrected chi connectivity index (χ1v) is 12.1. The lowest BCUT2D eigenvalue weighted by Gasteiger charge is -2.25. The number of ether oxygens (including phenoxy) is 3. The molecule has 0 aliphatic heterocycles. The number of aryl methyl sites for hydroxylation is 1. The third kappa shape index (κ3) is 6.94. The highest BCUT2D eigenvalue weighted by atomic mass is 16.5. The maximum Gasteiger partial charge on any atom is 0.227 e. The molecule has 1 aliphatic carbocycles. The largest absolute Gasteiger partial charge is 0.497 e. The number of aliphatic hydroxyl groups excluding tert-OH is 1. The maximum atomic E-state index is 10.6. The van der Waals surface area contributed by atoms with E-state index in [9.17, 15) is 5.11 Å². The first kappa shape index (κ1) is 25.0. The standard InChI is InChI=1S/C28H35N3O4/c1-4-16-34-20-24(32)18-30(17-22-10-11-22)19-27-21(2)29-31(23-8-6-5-7-9-23)28(27)35-26-14-12-25(33-3)13-15-26/h4-9,12-15,22,24,32H,1,10-11,16-20H2,2-3H3. The summed E-state index contributed by atoms with van der Waals surface area (Å²) in [7, 11) is 1.65. The second-order valence-corrected chi connectivity index (χ2v) is 9.01. The predicted octanol–water partition coefficient (Wildman–Crippen LogP) is 4.76. The molecule has 7 heteroatoms. The highest BCUT2D eigenvalue weighted by molar-refractivity contribution is 5.44. The van der Waals surface area contributed by atoms with Crippen molar-refractivity contribution < 1.29 is 19.3 Å². The molecular formula is C28H35N3O4. The molecular weight excluding hydrogens is 442 g/mol. The molecule has 0 amide bonds. The molecule has 35 heavy (non-hydrogen) atoms. The molecule has 186 valence electrons. The lowest BCUT2D eigenvalue weighted by Crippen LogP contribution is -2.36. The summed E-state index contributed by atoms with van der Waals surface area (Å²) in [6.07, 6.45) is 3.58. The number of benzene rings is 2. The topological polar surface area (TPSA) is 69.0 Å². The van der Waals surface area contributed by atoms with Gasteiger partial charge in [0.15, 0.2) is 0 Å². The van der Waals surface area contributed by atoms with Crippen LogP contribution in [0.25, 0.3) is 5.69 Å². The van der Waals surface area contributed by atoms with Crippen LogP contribution in [0.4, 0.5) is 0 Å². The average Bonchev–Trinajstić information content (AvgIpc) is 3.64. The van der Waals surface area contributed by atoms with Gasteiger partial charge >= 0.3 is 0 Å². The number of nitrogens with zero attached hydrogens (tertiary/aromatic N) is 3. The van der Waals surface area contributed by atoms with Crippen LogP contribution in [0.1, 0.15) is 24.1 Å². The monoisotopic (exact) mass is 477 g/mol. The Balaban J connectivity index is 1.62. The van der Waals surface area contributed by atoms with Crippen LogP contribution in [-0.4, -0.2) is 59.3 Å². The summed E-state index contributed by atoms with van der Waals surface area (Å²) >= 11 is 0. The van der Waals surface area contributed by atoms with Gasteiger partial charge in [-0.2, -0.15) is 5.10 Å². The SMILES string of the molecule is C=CCOCC(O)CN(Cc1c(C)nn(-c2ccccc2)c1Oc1ccc(OC)cc1)CC1CC1. The van der Waals surface area contributed by atoms with Crippen molar-refractivity contribution in [2.45, 2.75) is 32.4 Å². The fourth-order valence-electron chi connectivity index (χ4n) is 4.06. The van der Waals surface area contributed by atoms with Crippen molar-refractivity contribution in [3.05, 3.63) is 78.5 Å². The lowest BCUT2D eigenvalue weighted by molar-refractivity contribution is 0.0235. The van der Waals surface area contributed by atoms with E-state index in [4.69, 9.17) is 19.3 Å². The molecule has 0 radical (unpaired) electrons. The van der Waals surface area contributed by atoms with E-state index in [1.807, 2.05) is 66.2 Å². The Bertz CT molecular complexity index is 1080. The Kier molecular flexibility index (Phi) is 8.58. The van der Waals surface area contributed by atoms with E-state index in [-0.39, 0.29) is 6.61 Å². The average molecular weight is 478 g/mol. The third-order valence-electron chi connectivity index (χ3n) is 6.02. The van der Waals surface area contributed by atoms with Crippen LogP contribution in [0.5, 0.6) is 17.4 Å². The fraction of sp³-hybridized carbons (Fsp3) is 0.393. The van der Waals surface area contributed by atoms with E-state index in [0.29, 0.717) is 37.2 Å². The number of para-hydroxylation sites is 1. The van der Waals surface area contributed by atoms with E-state index in [2.05, 4.69) is 11.5 Å². The van der Waals surface area contributed by atoms with Crippen molar-refractivity contribution in [1.82, 2.24) is 14.7 Å². The molecule has 1 aromatic heterocycles. The second kappa shape index (κ2) is 12.0. The maximum absolute atomic E-state index is 10.6. The summed E-state index contributed by atoms with van der Waals surface area (Å²) < 4.78 is 19.1. The van der Waals surface area contributed by atoms with E-state index in [1.165, 1.54) is 12.8 Å². The normalized spacial score (nSPS) is 14.2. The van der Waals surface area contributed by atoms with Gasteiger partial charge in [-0.15, -0.1) is 6.58 Å². The van der Waals surface area contributed by atoms with Gasteiger partial charge in [-0.05, 0) is 62.1 Å². The van der Waals surface area contributed by atoms with Crippen LogP contribution in [0.2, 0.25) is 0 Å². The molecule has 1 unspecified atom stereocenters. The Hall–Kier alpha value is -3.13. The summed E-state index contributed by atoms with van der Waals surface area (Å²) in [5.41, 5.74) is 2.83. The van der Waals surface area contributed by atoms with Gasteiger partial charge in [0.1, 0.15) is 11.5 Å². The smallest absolute Gasteiger partial charge is 0.227 e. The zero-order valence-corrected chi connectivity index (χ0v) is 20.6. The van der Waals surface area contributed by atoms with E-state index < -0.39 is 6.10 Å². The molecule has 1 fully saturated rings. The summed E-state index contributed by atoms with van der Waals surface area (Å²) in [6, 6.07) is 17.5. The predicted molar refractivity (Wildman–Crippen MR) is 136 cm³/mol. The molecule has 1 aliphatic rings. The van der Waals surface area contributed by atoms with Crippen LogP contribution < -0.4 is 9.47 Å². The first-order valence-electron chi connectivity index (χ1n) is 12.1. The second-order valence-electron chi connectivity index (χ2n) is 9.01. The molecule has 1 heterocycles. The van der Waals surface area contributed by atoms with Gasteiger partial charge < -0.3 is 19.3 Å². The minimum Gasteiger partial charge on any atom is -0.497 e. The van der Waals surface area contributed by atoms with Gasteiger partial charge in [-0.25, -0.2) is 4.68 Å². The Morgan fingerprint density at radius 3 is 2.51 bits per heavy atom. The van der Waals surface area contributed by atoms with Gasteiger partial charge in [0.2, 0.25) is 5.88 Å². The highest BCUT2D eigenvalue weighted by Gasteiger charge is 2.28. The lowest BCUT2D eigenvalue weighted by atomic mass is 10.2. The number of methoxy groups -OCH3 is 1. The van der Waals surface area contributed by atoms with Crippen LogP contribution in [0.3, 0.4) is 0 Å². The highest BCUT2D eigenvalue weighted by Crippen LogP contribution is 2.34. The number of hydrogen-bond acceptors (Lipinski definition) is 6. The number of hydrogen-bond donors (Lipinski definition) is 1. The van der Waals surface area contributed by atoms with Crippen molar-refractivity contribution in [2.75, 3.05) is 33.4 Å². The molecule has 4 rings (SSSR count). The van der Waals surface area contributed by atoms with Crippen molar-refractivity contribution in [3.63, 3.8) is 0 Å². The van der Waals surface area contributed by atoms with E-state index in [0.717, 1.165) is 29.2 Å². The van der Waals surface area contributed by atoms with Gasteiger partial charge in [-0.3, -0.25) is 4.90 Å². The minimum absolute atomic E-state index is 0.282. The van der Waals surface area contributed by atoms with Crippen molar-refractivity contribution in [2.24, 2.45) is 5.92 Å². The van der Waals surface area contributed by atoms with Crippen molar-refractivity contribution >= 4 is 0 Å². The van der Waals surface area contributed by atoms with Gasteiger partial charge in [0, 0.05) is 19.6 Å². The quantitative estimate of drug-likeness (QED) is 0.267. The molecule has 0 spiro atoms. The van der Waals surface area contributed by atoms with Crippen molar-refractivity contribution in [1.29, 1.82) is 0 Å². The summed E-state index contributed by atoms with van der Waals surface area (Å²) in [5.74, 6) is 2.83. The number of aromatic nitrogens is 2. The van der Waals surface area contributed by atoms with Gasteiger partial charge in [0.05, 0.1) is 43.4 Å². The molecule has 1 saturated carbocycles. The summed E-state index contributed by atoms with van der Waals surface area (Å²) in [4.78, 5) is 2.29. The fourth-order valence-corrected chi connectivity index (χ4v) is 4.06. The molecule has 3 aromatic rings. The third-order valence-corrected chi connectivity index (χ3v) is 6.02. The zero-order chi connectivity index (χ0) is 24.6. The molecule has 7 nitrogen and oxygen atoms in total. The molecule has 0 bridgehead atoms. The number of aliphatic hydroxyl groups is 1. The zero-order valence-electron chi connectivity index (χ0n) is 20.6. The van der Waals surface area contributed by atoms with Crippen LogP contribution >= 0.6 is 0 Å². The molecule has 0 saturated heterocycles. The van der Waals surface area contributed by atoms with Gasteiger partial charge in [-0.1, -0.05) is 24.3 Å². The molecule has 1 atom stereocenters. The van der Waals surface area contributed by atoms with Crippen LogP contribution in [-0.2, 0) is 11.3 Å². The Morgan fingerprint density at radius 1 is 1.14 bits per heavy atom. The van der Waals surface area contributed by atoms with Crippen LogP contribution in [0, 0.1) is 12.8 Å². The summed E-state index contributed by atoms with van der Waals surface area (Å²) in [6.45, 7) is 8.46. The Morgan fingerprint density at radius 2 is 1.86 bits per heavy atom. The minimum atomic E-state index is -0.580.